The maximum Gasteiger partial charge on any atom is 0.0928 e. The van der Waals surface area contributed by atoms with E-state index in [0.717, 1.165) is 30.1 Å². The summed E-state index contributed by atoms with van der Waals surface area (Å²) < 4.78 is 17.6. The summed E-state index contributed by atoms with van der Waals surface area (Å²) in [6, 6.07) is 0. The molecule has 0 bridgehead atoms. The highest BCUT2D eigenvalue weighted by Crippen LogP contribution is 2.38. The third-order valence-corrected chi connectivity index (χ3v) is 7.06. The van der Waals surface area contributed by atoms with Gasteiger partial charge >= 0.3 is 0 Å². The van der Waals surface area contributed by atoms with Crippen molar-refractivity contribution in [3.63, 3.8) is 0 Å². The number of ether oxygens (including phenoxy) is 1. The van der Waals surface area contributed by atoms with E-state index in [2.05, 4.69) is 13.0 Å². The van der Waals surface area contributed by atoms with Crippen molar-refractivity contribution in [1.29, 1.82) is 0 Å². The second-order valence-corrected chi connectivity index (χ2v) is 8.71. The normalized spacial score (nSPS) is 32.1. The highest BCUT2D eigenvalue weighted by atomic mass is 19.1. The Morgan fingerprint density at radius 3 is 1.80 bits per heavy atom. The number of rotatable bonds is 10. The Labute approximate surface area is 155 Å². The van der Waals surface area contributed by atoms with E-state index in [1.165, 1.54) is 70.6 Å². The molecule has 0 amide bonds. The van der Waals surface area contributed by atoms with Gasteiger partial charge in [-0.1, -0.05) is 63.5 Å². The largest absolute Gasteiger partial charge is 0.381 e. The van der Waals surface area contributed by atoms with E-state index in [0.29, 0.717) is 12.5 Å². The highest BCUT2D eigenvalue weighted by Gasteiger charge is 2.26. The summed E-state index contributed by atoms with van der Waals surface area (Å²) in [7, 11) is 1.85. The molecule has 0 aromatic rings. The van der Waals surface area contributed by atoms with Crippen molar-refractivity contribution in [3.8, 4) is 0 Å². The first kappa shape index (κ1) is 20.9. The lowest BCUT2D eigenvalue weighted by Crippen LogP contribution is -2.25. The number of methoxy groups -OCH3 is 1. The molecule has 1 unspecified atom stereocenters. The summed E-state index contributed by atoms with van der Waals surface area (Å²) in [5.41, 5.74) is 0. The summed E-state index contributed by atoms with van der Waals surface area (Å²) >= 11 is 0. The Morgan fingerprint density at radius 2 is 1.28 bits per heavy atom. The number of hydrogen-bond donors (Lipinski definition) is 0. The molecular weight excluding hydrogens is 311 g/mol. The van der Waals surface area contributed by atoms with E-state index >= 15 is 0 Å². The van der Waals surface area contributed by atoms with Gasteiger partial charge in [0.15, 0.2) is 0 Å². The van der Waals surface area contributed by atoms with Gasteiger partial charge in [-0.25, -0.2) is 0 Å². The molecule has 25 heavy (non-hydrogen) atoms. The molecule has 0 heterocycles. The van der Waals surface area contributed by atoms with Crippen molar-refractivity contribution < 1.29 is 9.13 Å². The van der Waals surface area contributed by atoms with Gasteiger partial charge in [-0.15, -0.1) is 0 Å². The SMILES string of the molecule is COC(C)C1CCC(CC[C@H]2CC[C@H](CC/C=C/CCF)CC2)CC1. The van der Waals surface area contributed by atoms with Crippen LogP contribution in [0.4, 0.5) is 4.39 Å². The topological polar surface area (TPSA) is 9.23 Å². The van der Waals surface area contributed by atoms with Gasteiger partial charge in [0, 0.05) is 7.11 Å². The molecule has 2 rings (SSSR count). The molecule has 0 aliphatic heterocycles. The Hall–Kier alpha value is -0.370. The summed E-state index contributed by atoms with van der Waals surface area (Å²) in [5.74, 6) is 3.71. The zero-order valence-corrected chi connectivity index (χ0v) is 16.7. The van der Waals surface area contributed by atoms with E-state index in [1.807, 2.05) is 13.2 Å². The van der Waals surface area contributed by atoms with Crippen LogP contribution in [0.3, 0.4) is 0 Å². The van der Waals surface area contributed by atoms with E-state index in [4.69, 9.17) is 4.74 Å². The Kier molecular flexibility index (Phi) is 10.1. The maximum atomic E-state index is 12.0. The van der Waals surface area contributed by atoms with Gasteiger partial charge in [0.05, 0.1) is 12.8 Å². The lowest BCUT2D eigenvalue weighted by Gasteiger charge is -2.33. The molecule has 0 spiro atoms. The third-order valence-electron chi connectivity index (χ3n) is 7.06. The number of halogens is 1. The quantitative estimate of drug-likeness (QED) is 0.381. The zero-order chi connectivity index (χ0) is 17.9. The second kappa shape index (κ2) is 12.1. The van der Waals surface area contributed by atoms with Gasteiger partial charge in [0.1, 0.15) is 0 Å². The van der Waals surface area contributed by atoms with Gasteiger partial charge < -0.3 is 4.74 Å². The van der Waals surface area contributed by atoms with Gasteiger partial charge in [-0.3, -0.25) is 4.39 Å². The summed E-state index contributed by atoms with van der Waals surface area (Å²) in [5, 5.41) is 0. The maximum absolute atomic E-state index is 12.0. The minimum absolute atomic E-state index is 0.214. The molecular formula is C23H41FO. The van der Waals surface area contributed by atoms with E-state index < -0.39 is 0 Å². The first-order valence-electron chi connectivity index (χ1n) is 11.0. The van der Waals surface area contributed by atoms with Gasteiger partial charge in [0.25, 0.3) is 0 Å². The number of alkyl halides is 1. The molecule has 2 heteroatoms. The van der Waals surface area contributed by atoms with Gasteiger partial charge in [0.2, 0.25) is 0 Å². The molecule has 0 aromatic carbocycles. The minimum Gasteiger partial charge on any atom is -0.381 e. The van der Waals surface area contributed by atoms with Gasteiger partial charge in [-0.2, -0.15) is 0 Å². The third kappa shape index (κ3) is 7.81. The van der Waals surface area contributed by atoms with Crippen LogP contribution in [0.25, 0.3) is 0 Å². The van der Waals surface area contributed by atoms with Crippen LogP contribution in [0.5, 0.6) is 0 Å². The smallest absolute Gasteiger partial charge is 0.0928 e. The van der Waals surface area contributed by atoms with Crippen molar-refractivity contribution >= 4 is 0 Å². The average Bonchev–Trinajstić information content (AvgIpc) is 2.67. The second-order valence-electron chi connectivity index (χ2n) is 8.71. The van der Waals surface area contributed by atoms with Crippen LogP contribution in [0.1, 0.15) is 90.4 Å². The number of allylic oxidation sites excluding steroid dienone is 2. The monoisotopic (exact) mass is 352 g/mol. The molecule has 146 valence electrons. The lowest BCUT2D eigenvalue weighted by molar-refractivity contribution is 0.0416. The Bertz CT molecular complexity index is 351. The van der Waals surface area contributed by atoms with Crippen molar-refractivity contribution in [2.45, 2.75) is 96.5 Å². The fourth-order valence-electron chi connectivity index (χ4n) is 5.05. The molecule has 1 nitrogen and oxygen atoms in total. The zero-order valence-electron chi connectivity index (χ0n) is 16.7. The Balaban J connectivity index is 1.53. The predicted molar refractivity (Wildman–Crippen MR) is 106 cm³/mol. The first-order chi connectivity index (χ1) is 12.2. The molecule has 1 atom stereocenters. The summed E-state index contributed by atoms with van der Waals surface area (Å²) in [6.45, 7) is 2.02. The number of hydrogen-bond acceptors (Lipinski definition) is 1. The molecule has 2 saturated carbocycles. The summed E-state index contributed by atoms with van der Waals surface area (Å²) in [4.78, 5) is 0. The molecule has 2 aliphatic rings. The molecule has 2 aliphatic carbocycles. The average molecular weight is 353 g/mol. The fourth-order valence-corrected chi connectivity index (χ4v) is 5.05. The van der Waals surface area contributed by atoms with Crippen molar-refractivity contribution in [2.24, 2.45) is 23.7 Å². The fraction of sp³-hybridized carbons (Fsp3) is 0.913. The van der Waals surface area contributed by atoms with Crippen LogP contribution >= 0.6 is 0 Å². The van der Waals surface area contributed by atoms with Crippen molar-refractivity contribution in [3.05, 3.63) is 12.2 Å². The lowest BCUT2D eigenvalue weighted by atomic mass is 9.74. The minimum atomic E-state index is -0.214. The van der Waals surface area contributed by atoms with Crippen molar-refractivity contribution in [1.82, 2.24) is 0 Å². The molecule has 0 aromatic heterocycles. The van der Waals surface area contributed by atoms with Crippen LogP contribution in [-0.4, -0.2) is 19.9 Å². The van der Waals surface area contributed by atoms with E-state index in [-0.39, 0.29) is 6.67 Å². The van der Waals surface area contributed by atoms with E-state index in [9.17, 15) is 4.39 Å². The molecule has 0 N–H and O–H groups in total. The van der Waals surface area contributed by atoms with Gasteiger partial charge in [-0.05, 0) is 62.7 Å². The van der Waals surface area contributed by atoms with E-state index in [1.54, 1.807) is 0 Å². The molecule has 0 saturated heterocycles. The predicted octanol–water partition coefficient (Wildman–Crippen LogP) is 7.11. The van der Waals surface area contributed by atoms with Crippen LogP contribution < -0.4 is 0 Å². The Morgan fingerprint density at radius 1 is 0.800 bits per heavy atom. The molecule has 0 radical (unpaired) electrons. The first-order valence-corrected chi connectivity index (χ1v) is 11.0. The summed E-state index contributed by atoms with van der Waals surface area (Å²) in [6.07, 6.45) is 22.0. The van der Waals surface area contributed by atoms with Crippen LogP contribution in [-0.2, 0) is 4.74 Å². The van der Waals surface area contributed by atoms with Crippen molar-refractivity contribution in [2.75, 3.05) is 13.8 Å². The van der Waals surface area contributed by atoms with Crippen LogP contribution in [0.2, 0.25) is 0 Å². The highest BCUT2D eigenvalue weighted by molar-refractivity contribution is 4.83. The standard InChI is InChI=1S/C23H41FO/c1-19(25-2)23-16-14-22(15-17-23)13-12-21-10-8-20(9-11-21)7-5-3-4-6-18-24/h3-4,19-23H,5-18H2,1-2H3/b4-3+/t19?,20-,21-,22?,23?. The van der Waals surface area contributed by atoms with Crippen LogP contribution in [0.15, 0.2) is 12.2 Å². The van der Waals surface area contributed by atoms with Crippen LogP contribution in [0, 0.1) is 23.7 Å². The molecule has 2 fully saturated rings.